The Hall–Kier alpha value is -1.54. The molecule has 0 spiro atoms. The number of anilines is 1. The summed E-state index contributed by atoms with van der Waals surface area (Å²) >= 11 is 7.02. The van der Waals surface area contributed by atoms with E-state index in [1.54, 1.807) is 19.5 Å². The number of hydrogen-bond acceptors (Lipinski definition) is 5. The topological polar surface area (TPSA) is 74.7 Å². The molecule has 0 radical (unpaired) electrons. The fourth-order valence-electron chi connectivity index (χ4n) is 1.87. The van der Waals surface area contributed by atoms with Crippen molar-refractivity contribution >= 4 is 44.0 Å². The number of benzene rings is 1. The van der Waals surface area contributed by atoms with Gasteiger partial charge >= 0.3 is 0 Å². The van der Waals surface area contributed by atoms with E-state index in [-0.39, 0.29) is 0 Å². The van der Waals surface area contributed by atoms with Gasteiger partial charge in [0.1, 0.15) is 0 Å². The molecule has 0 fully saturated rings. The number of ether oxygens (including phenoxy) is 2. The molecule has 0 saturated carbocycles. The van der Waals surface area contributed by atoms with Crippen LogP contribution in [0.15, 0.2) is 26.3 Å². The van der Waals surface area contributed by atoms with Crippen molar-refractivity contribution < 1.29 is 9.47 Å². The highest BCUT2D eigenvalue weighted by molar-refractivity contribution is 9.13. The van der Waals surface area contributed by atoms with Crippen LogP contribution in [-0.4, -0.2) is 29.6 Å². The van der Waals surface area contributed by atoms with Crippen molar-refractivity contribution in [2.24, 2.45) is 5.10 Å². The number of halogens is 2. The molecule has 0 aliphatic heterocycles. The fraction of sp³-hybridized carbons (Fsp3) is 0.286. The molecule has 2 N–H and O–H groups in total. The van der Waals surface area contributed by atoms with Gasteiger partial charge in [-0.25, -0.2) is 9.66 Å². The van der Waals surface area contributed by atoms with E-state index in [1.165, 1.54) is 4.68 Å². The Morgan fingerprint density at radius 3 is 2.68 bits per heavy atom. The monoisotopic (exact) mass is 430 g/mol. The molecule has 0 unspecified atom stereocenters. The standard InChI is InChI=1S/C14H16Br2N4O2/c1-4-22-10-5-9(11(15)12(16)13(10)21-3)6-18-20-7-8(2)19-14(20)17/h5-7H,4H2,1-3H3,(H2,17,19). The number of imidazole rings is 1. The van der Waals surface area contributed by atoms with E-state index in [0.29, 0.717) is 24.1 Å². The van der Waals surface area contributed by atoms with E-state index in [9.17, 15) is 0 Å². The van der Waals surface area contributed by atoms with E-state index in [4.69, 9.17) is 15.2 Å². The number of aromatic nitrogens is 2. The van der Waals surface area contributed by atoms with Crippen molar-refractivity contribution in [3.8, 4) is 11.5 Å². The smallest absolute Gasteiger partial charge is 0.221 e. The minimum atomic E-state index is 0.336. The minimum absolute atomic E-state index is 0.336. The van der Waals surface area contributed by atoms with Crippen molar-refractivity contribution in [2.75, 3.05) is 19.5 Å². The lowest BCUT2D eigenvalue weighted by Crippen LogP contribution is -2.00. The Bertz CT molecular complexity index is 713. The number of nitrogen functional groups attached to an aromatic ring is 1. The average Bonchev–Trinajstić information content (AvgIpc) is 2.80. The number of methoxy groups -OCH3 is 1. The summed E-state index contributed by atoms with van der Waals surface area (Å²) in [5.74, 6) is 1.60. The molecule has 0 aliphatic rings. The first kappa shape index (κ1) is 16.8. The van der Waals surface area contributed by atoms with E-state index in [0.717, 1.165) is 20.2 Å². The van der Waals surface area contributed by atoms with Crippen LogP contribution in [0.25, 0.3) is 0 Å². The van der Waals surface area contributed by atoms with Gasteiger partial charge in [0.15, 0.2) is 11.5 Å². The molecule has 0 amide bonds. The average molecular weight is 432 g/mol. The first-order valence-electron chi connectivity index (χ1n) is 6.52. The van der Waals surface area contributed by atoms with Crippen LogP contribution in [0.3, 0.4) is 0 Å². The lowest BCUT2D eigenvalue weighted by molar-refractivity contribution is 0.309. The molecule has 8 heteroatoms. The first-order valence-corrected chi connectivity index (χ1v) is 8.11. The second-order valence-electron chi connectivity index (χ2n) is 4.39. The third-order valence-electron chi connectivity index (χ3n) is 2.82. The third-order valence-corrected chi connectivity index (χ3v) is 4.96. The van der Waals surface area contributed by atoms with Crippen LogP contribution < -0.4 is 15.2 Å². The van der Waals surface area contributed by atoms with Gasteiger partial charge in [-0.3, -0.25) is 0 Å². The maximum absolute atomic E-state index is 5.77. The van der Waals surface area contributed by atoms with Crippen LogP contribution in [0.5, 0.6) is 11.5 Å². The van der Waals surface area contributed by atoms with Crippen LogP contribution in [0.1, 0.15) is 18.2 Å². The maximum Gasteiger partial charge on any atom is 0.221 e. The number of nitrogens with two attached hydrogens (primary N) is 1. The minimum Gasteiger partial charge on any atom is -0.492 e. The zero-order valence-electron chi connectivity index (χ0n) is 12.4. The van der Waals surface area contributed by atoms with Gasteiger partial charge in [-0.2, -0.15) is 5.10 Å². The number of aryl methyl sites for hydroxylation is 1. The van der Waals surface area contributed by atoms with Crippen LogP contribution in [0, 0.1) is 6.92 Å². The largest absolute Gasteiger partial charge is 0.492 e. The highest BCUT2D eigenvalue weighted by Crippen LogP contribution is 2.42. The lowest BCUT2D eigenvalue weighted by Gasteiger charge is -2.14. The zero-order chi connectivity index (χ0) is 16.3. The zero-order valence-corrected chi connectivity index (χ0v) is 15.6. The molecular formula is C14H16Br2N4O2. The highest BCUT2D eigenvalue weighted by Gasteiger charge is 2.16. The molecule has 1 aromatic heterocycles. The molecule has 22 heavy (non-hydrogen) atoms. The van der Waals surface area contributed by atoms with Gasteiger partial charge < -0.3 is 15.2 Å². The molecule has 0 atom stereocenters. The molecule has 1 aromatic carbocycles. The highest BCUT2D eigenvalue weighted by atomic mass is 79.9. The summed E-state index contributed by atoms with van der Waals surface area (Å²) in [5, 5.41) is 4.31. The summed E-state index contributed by atoms with van der Waals surface area (Å²) in [5.41, 5.74) is 7.40. The SMILES string of the molecule is CCOc1cc(C=Nn2cc(C)nc2N)c(Br)c(Br)c1OC. The Kier molecular flexibility index (Phi) is 5.47. The summed E-state index contributed by atoms with van der Waals surface area (Å²) < 4.78 is 14.1. The Labute approximate surface area is 145 Å². The Morgan fingerprint density at radius 2 is 2.14 bits per heavy atom. The van der Waals surface area contributed by atoms with E-state index >= 15 is 0 Å². The first-order chi connectivity index (χ1) is 10.5. The maximum atomic E-state index is 5.77. The molecule has 6 nitrogen and oxygen atoms in total. The molecule has 1 heterocycles. The summed E-state index contributed by atoms with van der Waals surface area (Å²) in [7, 11) is 1.60. The Morgan fingerprint density at radius 1 is 1.41 bits per heavy atom. The quantitative estimate of drug-likeness (QED) is 0.734. The van der Waals surface area contributed by atoms with Gasteiger partial charge in [0, 0.05) is 10.0 Å². The molecule has 0 bridgehead atoms. The number of hydrogen-bond donors (Lipinski definition) is 1. The van der Waals surface area contributed by atoms with Gasteiger partial charge in [0.25, 0.3) is 0 Å². The van der Waals surface area contributed by atoms with E-state index < -0.39 is 0 Å². The van der Waals surface area contributed by atoms with Crippen molar-refractivity contribution in [1.29, 1.82) is 0 Å². The van der Waals surface area contributed by atoms with Crippen molar-refractivity contribution in [3.05, 3.63) is 32.5 Å². The van der Waals surface area contributed by atoms with Gasteiger partial charge in [-0.05, 0) is 51.8 Å². The summed E-state index contributed by atoms with van der Waals surface area (Å²) in [6.07, 6.45) is 3.43. The normalized spacial score (nSPS) is 11.1. The van der Waals surface area contributed by atoms with E-state index in [1.807, 2.05) is 19.9 Å². The summed E-state index contributed by atoms with van der Waals surface area (Å²) in [4.78, 5) is 4.10. The van der Waals surface area contributed by atoms with Crippen LogP contribution in [0.4, 0.5) is 5.95 Å². The van der Waals surface area contributed by atoms with Gasteiger partial charge in [-0.1, -0.05) is 0 Å². The molecule has 0 aliphatic carbocycles. The van der Waals surface area contributed by atoms with Crippen LogP contribution >= 0.6 is 31.9 Å². The van der Waals surface area contributed by atoms with Crippen molar-refractivity contribution in [3.63, 3.8) is 0 Å². The molecule has 118 valence electrons. The summed E-state index contributed by atoms with van der Waals surface area (Å²) in [6.45, 7) is 4.31. The molecular weight excluding hydrogens is 416 g/mol. The van der Waals surface area contributed by atoms with Crippen LogP contribution in [-0.2, 0) is 0 Å². The Balaban J connectivity index is 2.44. The number of rotatable bonds is 5. The third kappa shape index (κ3) is 3.44. The van der Waals surface area contributed by atoms with Crippen molar-refractivity contribution in [1.82, 2.24) is 9.66 Å². The predicted octanol–water partition coefficient (Wildman–Crippen LogP) is 3.59. The van der Waals surface area contributed by atoms with Gasteiger partial charge in [0.2, 0.25) is 5.95 Å². The molecule has 2 aromatic rings. The molecule has 2 rings (SSSR count). The lowest BCUT2D eigenvalue weighted by atomic mass is 10.2. The van der Waals surface area contributed by atoms with Gasteiger partial charge in [-0.15, -0.1) is 0 Å². The predicted molar refractivity (Wildman–Crippen MR) is 93.9 cm³/mol. The molecule has 0 saturated heterocycles. The summed E-state index contributed by atoms with van der Waals surface area (Å²) in [6, 6.07) is 1.85. The van der Waals surface area contributed by atoms with E-state index in [2.05, 4.69) is 41.9 Å². The van der Waals surface area contributed by atoms with Gasteiger partial charge in [0.05, 0.1) is 36.3 Å². The fourth-order valence-corrected chi connectivity index (χ4v) is 2.86. The second kappa shape index (κ2) is 7.15. The number of nitrogens with zero attached hydrogens (tertiary/aromatic N) is 3. The van der Waals surface area contributed by atoms with Crippen LogP contribution in [0.2, 0.25) is 0 Å². The second-order valence-corrected chi connectivity index (χ2v) is 5.97. The van der Waals surface area contributed by atoms with Crippen molar-refractivity contribution in [2.45, 2.75) is 13.8 Å².